The predicted octanol–water partition coefficient (Wildman–Crippen LogP) is 3.27. The Bertz CT molecular complexity index is 568. The van der Waals surface area contributed by atoms with E-state index in [1.54, 1.807) is 20.3 Å². The topological polar surface area (TPSA) is 45.2 Å². The first-order valence-electron chi connectivity index (χ1n) is 9.46. The molecule has 0 aromatic heterocycles. The van der Waals surface area contributed by atoms with Crippen molar-refractivity contribution >= 4 is 11.6 Å². The van der Waals surface area contributed by atoms with Crippen molar-refractivity contribution < 1.29 is 14.6 Å². The number of rotatable bonds is 9. The third-order valence-electron chi connectivity index (χ3n) is 5.06. The molecule has 148 valence electrons. The van der Waals surface area contributed by atoms with Gasteiger partial charge < -0.3 is 14.6 Å². The lowest BCUT2D eigenvalue weighted by molar-refractivity contribution is 0.0520. The molecule has 5 nitrogen and oxygen atoms in total. The van der Waals surface area contributed by atoms with Crippen LogP contribution in [0.4, 0.5) is 0 Å². The van der Waals surface area contributed by atoms with E-state index in [2.05, 4.69) is 23.6 Å². The number of nitrogens with zero attached hydrogens (tertiary/aromatic N) is 2. The summed E-state index contributed by atoms with van der Waals surface area (Å²) in [6.45, 7) is 9.58. The van der Waals surface area contributed by atoms with E-state index in [1.807, 2.05) is 6.07 Å². The zero-order valence-electron chi connectivity index (χ0n) is 16.5. The van der Waals surface area contributed by atoms with Gasteiger partial charge >= 0.3 is 0 Å². The molecule has 0 radical (unpaired) electrons. The molecular formula is C20H33ClN2O3. The first kappa shape index (κ1) is 21.3. The monoisotopic (exact) mass is 384 g/mol. The van der Waals surface area contributed by atoms with E-state index in [9.17, 15) is 5.11 Å². The second-order valence-electron chi connectivity index (χ2n) is 7.42. The number of halogens is 1. The molecule has 1 aliphatic rings. The van der Waals surface area contributed by atoms with E-state index in [4.69, 9.17) is 21.1 Å². The van der Waals surface area contributed by atoms with Crippen molar-refractivity contribution in [1.82, 2.24) is 9.80 Å². The summed E-state index contributed by atoms with van der Waals surface area (Å²) in [5.41, 5.74) is 1.04. The first-order chi connectivity index (χ1) is 12.5. The molecule has 26 heavy (non-hydrogen) atoms. The van der Waals surface area contributed by atoms with Crippen LogP contribution < -0.4 is 9.47 Å². The van der Waals surface area contributed by atoms with Crippen LogP contribution in [0.25, 0.3) is 0 Å². The third-order valence-corrected chi connectivity index (χ3v) is 5.28. The highest BCUT2D eigenvalue weighted by Crippen LogP contribution is 2.35. The minimum absolute atomic E-state index is 0.227. The first-order valence-corrected chi connectivity index (χ1v) is 9.83. The molecule has 1 saturated heterocycles. The third kappa shape index (κ3) is 5.74. The van der Waals surface area contributed by atoms with Crippen LogP contribution in [-0.2, 0) is 6.54 Å². The van der Waals surface area contributed by atoms with E-state index in [-0.39, 0.29) is 6.61 Å². The maximum absolute atomic E-state index is 9.48. The minimum atomic E-state index is 0.227. The van der Waals surface area contributed by atoms with Crippen LogP contribution in [0, 0.1) is 5.92 Å². The molecule has 6 heteroatoms. The molecule has 1 heterocycles. The fourth-order valence-corrected chi connectivity index (χ4v) is 3.84. The van der Waals surface area contributed by atoms with Crippen molar-refractivity contribution in [2.45, 2.75) is 39.3 Å². The summed E-state index contributed by atoms with van der Waals surface area (Å²) in [4.78, 5) is 4.95. The van der Waals surface area contributed by atoms with Gasteiger partial charge in [-0.3, -0.25) is 9.80 Å². The largest absolute Gasteiger partial charge is 0.493 e. The molecule has 1 aliphatic heterocycles. The molecule has 1 atom stereocenters. The number of benzene rings is 1. The Morgan fingerprint density at radius 3 is 2.62 bits per heavy atom. The maximum Gasteiger partial charge on any atom is 0.165 e. The van der Waals surface area contributed by atoms with Crippen molar-refractivity contribution in [3.8, 4) is 11.5 Å². The van der Waals surface area contributed by atoms with Crippen molar-refractivity contribution in [2.24, 2.45) is 5.92 Å². The second-order valence-corrected chi connectivity index (χ2v) is 7.86. The van der Waals surface area contributed by atoms with Crippen LogP contribution in [0.5, 0.6) is 11.5 Å². The fourth-order valence-electron chi connectivity index (χ4n) is 3.61. The van der Waals surface area contributed by atoms with Crippen LogP contribution >= 0.6 is 11.6 Å². The van der Waals surface area contributed by atoms with Gasteiger partial charge in [-0.1, -0.05) is 25.4 Å². The summed E-state index contributed by atoms with van der Waals surface area (Å²) in [6, 6.07) is 4.12. The Kier molecular flexibility index (Phi) is 8.48. The van der Waals surface area contributed by atoms with Gasteiger partial charge in [0, 0.05) is 55.5 Å². The Morgan fingerprint density at radius 2 is 2.00 bits per heavy atom. The van der Waals surface area contributed by atoms with Crippen molar-refractivity contribution in [3.05, 3.63) is 22.7 Å². The van der Waals surface area contributed by atoms with Gasteiger partial charge in [-0.15, -0.1) is 0 Å². The summed E-state index contributed by atoms with van der Waals surface area (Å²) in [5, 5.41) is 10.1. The lowest BCUT2D eigenvalue weighted by Crippen LogP contribution is -2.53. The smallest absolute Gasteiger partial charge is 0.165 e. The number of piperazine rings is 1. The molecule has 2 rings (SSSR count). The standard InChI is InChI=1S/C20H33ClN2O3/c1-15(2)5-7-23-9-8-22(14-18(23)6-10-24)13-16-11-17(21)12-19(25-3)20(16)26-4/h11-12,15,18,24H,5-10,13-14H2,1-4H3/t18-/m0/s1. The normalized spacial score (nSPS) is 19.1. The molecule has 1 N–H and O–H groups in total. The maximum atomic E-state index is 9.48. The van der Waals surface area contributed by atoms with Gasteiger partial charge in [0.2, 0.25) is 0 Å². The van der Waals surface area contributed by atoms with E-state index in [1.165, 1.54) is 6.42 Å². The average Bonchev–Trinajstić information content (AvgIpc) is 2.60. The molecule has 1 fully saturated rings. The molecular weight excluding hydrogens is 352 g/mol. The van der Waals surface area contributed by atoms with Crippen LogP contribution in [0.1, 0.15) is 32.3 Å². The van der Waals surface area contributed by atoms with E-state index < -0.39 is 0 Å². The van der Waals surface area contributed by atoms with Crippen LogP contribution in [0.15, 0.2) is 12.1 Å². The van der Waals surface area contributed by atoms with Crippen LogP contribution in [-0.4, -0.2) is 68.0 Å². The number of hydrogen-bond donors (Lipinski definition) is 1. The molecule has 1 aromatic carbocycles. The Hall–Kier alpha value is -1.01. The Labute approximate surface area is 162 Å². The van der Waals surface area contributed by atoms with E-state index >= 15 is 0 Å². The number of aliphatic hydroxyl groups is 1. The molecule has 1 aromatic rings. The van der Waals surface area contributed by atoms with Gasteiger partial charge in [0.15, 0.2) is 11.5 Å². The fraction of sp³-hybridized carbons (Fsp3) is 0.700. The van der Waals surface area contributed by atoms with Gasteiger partial charge in [0.1, 0.15) is 0 Å². The second kappa shape index (κ2) is 10.4. The number of methoxy groups -OCH3 is 2. The van der Waals surface area contributed by atoms with Gasteiger partial charge in [-0.2, -0.15) is 0 Å². The van der Waals surface area contributed by atoms with Gasteiger partial charge in [0.25, 0.3) is 0 Å². The lowest BCUT2D eigenvalue weighted by Gasteiger charge is -2.42. The summed E-state index contributed by atoms with van der Waals surface area (Å²) in [5.74, 6) is 2.11. The summed E-state index contributed by atoms with van der Waals surface area (Å²) in [6.07, 6.45) is 2.01. The predicted molar refractivity (Wildman–Crippen MR) is 106 cm³/mol. The van der Waals surface area contributed by atoms with Gasteiger partial charge in [-0.25, -0.2) is 0 Å². The van der Waals surface area contributed by atoms with Crippen molar-refractivity contribution in [1.29, 1.82) is 0 Å². The van der Waals surface area contributed by atoms with E-state index in [0.29, 0.717) is 22.7 Å². The summed E-state index contributed by atoms with van der Waals surface area (Å²) in [7, 11) is 3.29. The SMILES string of the molecule is COc1cc(Cl)cc(CN2CCN(CCC(C)C)[C@@H](CCO)C2)c1OC. The van der Waals surface area contributed by atoms with Crippen molar-refractivity contribution in [3.63, 3.8) is 0 Å². The molecule has 0 unspecified atom stereocenters. The Morgan fingerprint density at radius 1 is 1.23 bits per heavy atom. The zero-order valence-corrected chi connectivity index (χ0v) is 17.3. The van der Waals surface area contributed by atoms with Crippen molar-refractivity contribution in [2.75, 3.05) is 47.0 Å². The lowest BCUT2D eigenvalue weighted by atomic mass is 10.0. The zero-order chi connectivity index (χ0) is 19.1. The highest BCUT2D eigenvalue weighted by molar-refractivity contribution is 6.30. The molecule has 0 bridgehead atoms. The minimum Gasteiger partial charge on any atom is -0.493 e. The number of hydrogen-bond acceptors (Lipinski definition) is 5. The summed E-state index contributed by atoms with van der Waals surface area (Å²) < 4.78 is 11.0. The molecule has 0 amide bonds. The summed E-state index contributed by atoms with van der Waals surface area (Å²) >= 11 is 6.25. The molecule has 0 aliphatic carbocycles. The number of ether oxygens (including phenoxy) is 2. The number of aliphatic hydroxyl groups excluding tert-OH is 1. The van der Waals surface area contributed by atoms with Gasteiger partial charge in [-0.05, 0) is 31.4 Å². The van der Waals surface area contributed by atoms with E-state index in [0.717, 1.165) is 50.5 Å². The van der Waals surface area contributed by atoms with Crippen LogP contribution in [0.2, 0.25) is 5.02 Å². The highest BCUT2D eigenvalue weighted by Gasteiger charge is 2.27. The van der Waals surface area contributed by atoms with Crippen LogP contribution in [0.3, 0.4) is 0 Å². The molecule has 0 spiro atoms. The highest BCUT2D eigenvalue weighted by atomic mass is 35.5. The Balaban J connectivity index is 2.08. The van der Waals surface area contributed by atoms with Gasteiger partial charge in [0.05, 0.1) is 14.2 Å². The molecule has 0 saturated carbocycles. The average molecular weight is 385 g/mol. The quantitative estimate of drug-likeness (QED) is 0.707.